The first kappa shape index (κ1) is 26.7. The maximum Gasteiger partial charge on any atom is 0.0965 e. The Morgan fingerprint density at radius 1 is 0.354 bits per heavy atom. The van der Waals surface area contributed by atoms with Crippen LogP contribution >= 0.6 is 0 Å². The molecule has 0 unspecified atom stereocenters. The first-order valence-electron chi connectivity index (χ1n) is 16.1. The highest BCUT2D eigenvalue weighted by Gasteiger charge is 2.16. The topological polar surface area (TPSA) is 51.6 Å². The summed E-state index contributed by atoms with van der Waals surface area (Å²) in [5, 5.41) is 10.6. The van der Waals surface area contributed by atoms with Crippen molar-refractivity contribution in [2.45, 2.75) is 0 Å². The Labute approximate surface area is 276 Å². The van der Waals surface area contributed by atoms with Gasteiger partial charge in [0.2, 0.25) is 0 Å². The number of hydrogen-bond acceptors (Lipinski definition) is 4. The summed E-state index contributed by atoms with van der Waals surface area (Å²) in [6.07, 6.45) is 5.59. The number of rotatable bonds is 3. The third kappa shape index (κ3) is 4.24. The zero-order valence-corrected chi connectivity index (χ0v) is 25.8. The van der Waals surface area contributed by atoms with Gasteiger partial charge < -0.3 is 0 Å². The molecule has 4 aromatic heterocycles. The molecule has 4 heterocycles. The molecule has 0 fully saturated rings. The summed E-state index contributed by atoms with van der Waals surface area (Å²) < 4.78 is 0. The SMILES string of the molecule is c1cnc2cc(-c3cc(-c4cc5c6ccccc6ccc5c5ccccc45)cc(-c4cnc5c(ccc6cccnc65)c4)n3)ccc2c1. The van der Waals surface area contributed by atoms with E-state index in [1.807, 2.05) is 30.7 Å². The van der Waals surface area contributed by atoms with E-state index in [9.17, 15) is 0 Å². The minimum Gasteiger partial charge on any atom is -0.256 e. The minimum atomic E-state index is 0.862. The highest BCUT2D eigenvalue weighted by molar-refractivity contribution is 6.21. The van der Waals surface area contributed by atoms with Gasteiger partial charge in [-0.05, 0) is 85.9 Å². The molecule has 0 saturated heterocycles. The van der Waals surface area contributed by atoms with Crippen molar-refractivity contribution in [2.24, 2.45) is 0 Å². The predicted octanol–water partition coefficient (Wildman–Crippen LogP) is 11.2. The maximum absolute atomic E-state index is 5.28. The van der Waals surface area contributed by atoms with Crippen molar-refractivity contribution < 1.29 is 0 Å². The molecule has 0 aliphatic carbocycles. The van der Waals surface area contributed by atoms with E-state index >= 15 is 0 Å². The molecule has 0 N–H and O–H groups in total. The Balaban J connectivity index is 1.26. The largest absolute Gasteiger partial charge is 0.256 e. The van der Waals surface area contributed by atoms with E-state index in [-0.39, 0.29) is 0 Å². The van der Waals surface area contributed by atoms with Crippen LogP contribution in [0.5, 0.6) is 0 Å². The van der Waals surface area contributed by atoms with Gasteiger partial charge in [-0.15, -0.1) is 0 Å². The predicted molar refractivity (Wildman–Crippen MR) is 199 cm³/mol. The fraction of sp³-hybridized carbons (Fsp3) is 0. The summed E-state index contributed by atoms with van der Waals surface area (Å²) in [6.45, 7) is 0. The van der Waals surface area contributed by atoms with Crippen molar-refractivity contribution in [3.05, 3.63) is 158 Å². The van der Waals surface area contributed by atoms with E-state index in [1.54, 1.807) is 0 Å². The number of aromatic nitrogens is 4. The third-order valence-electron chi connectivity index (χ3n) is 9.52. The molecule has 10 aromatic rings. The van der Waals surface area contributed by atoms with Gasteiger partial charge in [0.1, 0.15) is 0 Å². The normalized spacial score (nSPS) is 11.8. The van der Waals surface area contributed by atoms with Crippen LogP contribution in [0.2, 0.25) is 0 Å². The fourth-order valence-electron chi connectivity index (χ4n) is 7.18. The first-order chi connectivity index (χ1) is 23.8. The van der Waals surface area contributed by atoms with Crippen molar-refractivity contribution in [1.29, 1.82) is 0 Å². The standard InChI is InChI=1S/C44H26N4/c1-2-10-34-27(7-1)17-18-37-35-11-3-4-12-36(35)38(25-39(34)37)32-23-41(30-15-13-28-8-5-19-45-40(28)22-30)48-42(24-32)33-21-31-16-14-29-9-6-20-46-43(29)44(31)47-26-33/h1-26H. The van der Waals surface area contributed by atoms with E-state index < -0.39 is 0 Å². The Hall–Kier alpha value is -6.52. The van der Waals surface area contributed by atoms with E-state index in [0.29, 0.717) is 0 Å². The van der Waals surface area contributed by atoms with Gasteiger partial charge in [-0.3, -0.25) is 15.0 Å². The molecule has 6 aromatic carbocycles. The Morgan fingerprint density at radius 2 is 1.02 bits per heavy atom. The molecular weight excluding hydrogens is 585 g/mol. The molecule has 0 amide bonds. The second-order valence-corrected chi connectivity index (χ2v) is 12.3. The summed E-state index contributed by atoms with van der Waals surface area (Å²) in [4.78, 5) is 19.5. The van der Waals surface area contributed by atoms with Crippen molar-refractivity contribution in [3.63, 3.8) is 0 Å². The molecule has 0 aliphatic rings. The van der Waals surface area contributed by atoms with Crippen LogP contribution in [0.3, 0.4) is 0 Å². The highest BCUT2D eigenvalue weighted by Crippen LogP contribution is 2.40. The fourth-order valence-corrected chi connectivity index (χ4v) is 7.18. The van der Waals surface area contributed by atoms with Gasteiger partial charge in [-0.1, -0.05) is 97.1 Å². The molecule has 0 atom stereocenters. The lowest BCUT2D eigenvalue weighted by molar-refractivity contribution is 1.30. The summed E-state index contributed by atoms with van der Waals surface area (Å²) in [5.74, 6) is 0. The smallest absolute Gasteiger partial charge is 0.0965 e. The Bertz CT molecular complexity index is 2910. The summed E-state index contributed by atoms with van der Waals surface area (Å²) in [6, 6.07) is 49.5. The van der Waals surface area contributed by atoms with E-state index in [2.05, 4.69) is 137 Å². The van der Waals surface area contributed by atoms with Crippen LogP contribution in [0.1, 0.15) is 0 Å². The number of nitrogens with zero attached hydrogens (tertiary/aromatic N) is 4. The summed E-state index contributed by atoms with van der Waals surface area (Å²) >= 11 is 0. The second kappa shape index (κ2) is 10.5. The van der Waals surface area contributed by atoms with Crippen LogP contribution in [-0.4, -0.2) is 19.9 Å². The van der Waals surface area contributed by atoms with Gasteiger partial charge in [-0.25, -0.2) is 4.98 Å². The molecule has 0 bridgehead atoms. The zero-order valence-electron chi connectivity index (χ0n) is 25.8. The summed E-state index contributed by atoms with van der Waals surface area (Å²) in [7, 11) is 0. The van der Waals surface area contributed by atoms with Crippen molar-refractivity contribution in [3.8, 4) is 33.6 Å². The van der Waals surface area contributed by atoms with Crippen LogP contribution in [0, 0.1) is 0 Å². The Kier molecular flexibility index (Phi) is 5.84. The quantitative estimate of drug-likeness (QED) is 0.187. The lowest BCUT2D eigenvalue weighted by Gasteiger charge is -2.15. The minimum absolute atomic E-state index is 0.862. The van der Waals surface area contributed by atoms with Gasteiger partial charge in [0, 0.05) is 45.9 Å². The van der Waals surface area contributed by atoms with Crippen molar-refractivity contribution >= 4 is 65.0 Å². The first-order valence-corrected chi connectivity index (χ1v) is 16.1. The van der Waals surface area contributed by atoms with Crippen LogP contribution in [0.25, 0.3) is 98.7 Å². The van der Waals surface area contributed by atoms with Gasteiger partial charge in [0.05, 0.1) is 27.9 Å². The molecule has 0 radical (unpaired) electrons. The van der Waals surface area contributed by atoms with E-state index in [1.165, 1.54) is 37.9 Å². The van der Waals surface area contributed by atoms with Crippen LogP contribution in [-0.2, 0) is 0 Å². The Morgan fingerprint density at radius 3 is 1.94 bits per heavy atom. The maximum atomic E-state index is 5.28. The van der Waals surface area contributed by atoms with Crippen LogP contribution < -0.4 is 0 Å². The van der Waals surface area contributed by atoms with E-state index in [0.717, 1.165) is 60.8 Å². The number of pyridine rings is 4. The van der Waals surface area contributed by atoms with Crippen molar-refractivity contribution in [2.75, 3.05) is 0 Å². The second-order valence-electron chi connectivity index (χ2n) is 12.3. The lowest BCUT2D eigenvalue weighted by atomic mass is 9.90. The average Bonchev–Trinajstić information content (AvgIpc) is 3.16. The molecule has 222 valence electrons. The van der Waals surface area contributed by atoms with Gasteiger partial charge in [0.25, 0.3) is 0 Å². The molecule has 0 aliphatic heterocycles. The number of benzene rings is 6. The molecular formula is C44H26N4. The molecule has 4 heteroatoms. The average molecular weight is 611 g/mol. The number of fused-ring (bicyclic) bond motifs is 9. The van der Waals surface area contributed by atoms with Gasteiger partial charge in [0.15, 0.2) is 0 Å². The molecule has 4 nitrogen and oxygen atoms in total. The van der Waals surface area contributed by atoms with Crippen LogP contribution in [0.15, 0.2) is 158 Å². The summed E-state index contributed by atoms with van der Waals surface area (Å²) in [5.41, 5.74) is 8.73. The van der Waals surface area contributed by atoms with Gasteiger partial charge in [-0.2, -0.15) is 0 Å². The van der Waals surface area contributed by atoms with E-state index in [4.69, 9.17) is 9.97 Å². The third-order valence-corrected chi connectivity index (χ3v) is 9.52. The van der Waals surface area contributed by atoms with Gasteiger partial charge >= 0.3 is 0 Å². The van der Waals surface area contributed by atoms with Crippen molar-refractivity contribution in [1.82, 2.24) is 19.9 Å². The number of hydrogen-bond donors (Lipinski definition) is 0. The van der Waals surface area contributed by atoms with Crippen LogP contribution in [0.4, 0.5) is 0 Å². The monoisotopic (exact) mass is 610 g/mol. The lowest BCUT2D eigenvalue weighted by Crippen LogP contribution is -1.94. The highest BCUT2D eigenvalue weighted by atomic mass is 14.8. The molecule has 0 saturated carbocycles. The molecule has 0 spiro atoms. The molecule has 48 heavy (non-hydrogen) atoms. The molecule has 10 rings (SSSR count). The zero-order chi connectivity index (χ0) is 31.6.